The summed E-state index contributed by atoms with van der Waals surface area (Å²) in [7, 11) is 3.49. The Hall–Kier alpha value is -1.59. The molecule has 0 saturated heterocycles. The Labute approximate surface area is 123 Å². The summed E-state index contributed by atoms with van der Waals surface area (Å²) >= 11 is 5.95. The second kappa shape index (κ2) is 6.24. The second-order valence-corrected chi connectivity index (χ2v) is 5.10. The van der Waals surface area contributed by atoms with E-state index in [1.807, 2.05) is 20.0 Å². The first-order valence-corrected chi connectivity index (χ1v) is 6.79. The Balaban J connectivity index is 2.33. The van der Waals surface area contributed by atoms with E-state index in [2.05, 4.69) is 22.4 Å². The predicted octanol–water partition coefficient (Wildman–Crippen LogP) is 3.11. The number of ether oxygens (including phenoxy) is 1. The van der Waals surface area contributed by atoms with E-state index in [1.54, 1.807) is 19.2 Å². The third kappa shape index (κ3) is 2.94. The monoisotopic (exact) mass is 295 g/mol. The van der Waals surface area contributed by atoms with Gasteiger partial charge in [0.2, 0.25) is 11.7 Å². The molecule has 0 fully saturated rings. The van der Waals surface area contributed by atoms with Crippen molar-refractivity contribution in [3.63, 3.8) is 0 Å². The molecule has 0 aliphatic carbocycles. The average molecular weight is 296 g/mol. The fourth-order valence-corrected chi connectivity index (χ4v) is 2.01. The minimum atomic E-state index is 0.125. The maximum Gasteiger partial charge on any atom is 0.231 e. The number of benzene rings is 1. The normalized spacial score (nSPS) is 14.1. The van der Waals surface area contributed by atoms with Crippen LogP contribution in [0.15, 0.2) is 22.7 Å². The highest BCUT2D eigenvalue weighted by Crippen LogP contribution is 2.31. The molecule has 1 N–H and O–H groups in total. The van der Waals surface area contributed by atoms with E-state index in [1.165, 1.54) is 0 Å². The van der Waals surface area contributed by atoms with Gasteiger partial charge in [0.15, 0.2) is 0 Å². The summed E-state index contributed by atoms with van der Waals surface area (Å²) in [6.07, 6.45) is 0. The molecule has 108 valence electrons. The fraction of sp³-hybridized carbons (Fsp3) is 0.429. The molecule has 0 amide bonds. The lowest BCUT2D eigenvalue weighted by molar-refractivity contribution is 0.336. The van der Waals surface area contributed by atoms with Crippen LogP contribution in [-0.4, -0.2) is 30.3 Å². The van der Waals surface area contributed by atoms with Crippen LogP contribution in [0.25, 0.3) is 11.4 Å². The number of likely N-dealkylation sites (N-methyl/N-ethyl adjacent to an activating group) is 1. The van der Waals surface area contributed by atoms with E-state index in [-0.39, 0.29) is 12.0 Å². The summed E-state index contributed by atoms with van der Waals surface area (Å²) in [4.78, 5) is 4.45. The highest BCUT2D eigenvalue weighted by molar-refractivity contribution is 6.30. The average Bonchev–Trinajstić information content (AvgIpc) is 2.94. The maximum absolute atomic E-state index is 5.95. The van der Waals surface area contributed by atoms with Crippen LogP contribution in [-0.2, 0) is 0 Å². The summed E-state index contributed by atoms with van der Waals surface area (Å²) in [6, 6.07) is 5.57. The molecule has 0 bridgehead atoms. The molecule has 1 heterocycles. The quantitative estimate of drug-likeness (QED) is 0.918. The van der Waals surface area contributed by atoms with Gasteiger partial charge in [0.05, 0.1) is 18.6 Å². The van der Waals surface area contributed by atoms with Crippen molar-refractivity contribution in [1.29, 1.82) is 0 Å². The molecule has 2 atom stereocenters. The number of nitrogens with zero attached hydrogens (tertiary/aromatic N) is 2. The number of aromatic nitrogens is 2. The van der Waals surface area contributed by atoms with Crippen LogP contribution in [0.3, 0.4) is 0 Å². The molecule has 2 rings (SSSR count). The van der Waals surface area contributed by atoms with Crippen LogP contribution in [0.1, 0.15) is 25.7 Å². The lowest BCUT2D eigenvalue weighted by atomic mass is 10.0. The van der Waals surface area contributed by atoms with Crippen LogP contribution in [0.4, 0.5) is 0 Å². The van der Waals surface area contributed by atoms with E-state index in [0.29, 0.717) is 22.5 Å². The molecule has 0 spiro atoms. The Morgan fingerprint density at radius 1 is 1.35 bits per heavy atom. The van der Waals surface area contributed by atoms with Gasteiger partial charge in [-0.2, -0.15) is 4.98 Å². The van der Waals surface area contributed by atoms with E-state index in [4.69, 9.17) is 20.9 Å². The molecular formula is C14H18ClN3O2. The first-order chi connectivity index (χ1) is 9.56. The van der Waals surface area contributed by atoms with Crippen molar-refractivity contribution in [2.45, 2.75) is 25.8 Å². The van der Waals surface area contributed by atoms with Crippen LogP contribution >= 0.6 is 11.6 Å². The number of hydrogen-bond acceptors (Lipinski definition) is 5. The van der Waals surface area contributed by atoms with Crippen molar-refractivity contribution < 1.29 is 9.26 Å². The highest BCUT2D eigenvalue weighted by Gasteiger charge is 2.21. The number of hydrogen-bond donors (Lipinski definition) is 1. The standard InChI is InChI=1S/C14H18ClN3O2/c1-8(9(2)16-3)14-17-13(18-20-14)11-6-5-10(15)7-12(11)19-4/h5-9,16H,1-4H3. The summed E-state index contributed by atoms with van der Waals surface area (Å²) in [6.45, 7) is 4.11. The molecule has 0 aliphatic heterocycles. The van der Waals surface area contributed by atoms with Gasteiger partial charge in [0, 0.05) is 11.1 Å². The Bertz CT molecular complexity index is 586. The molecule has 2 unspecified atom stereocenters. The number of rotatable bonds is 5. The van der Waals surface area contributed by atoms with Gasteiger partial charge in [-0.05, 0) is 32.2 Å². The number of halogens is 1. The number of methoxy groups -OCH3 is 1. The molecule has 0 saturated carbocycles. The summed E-state index contributed by atoms with van der Waals surface area (Å²) < 4.78 is 10.6. The van der Waals surface area contributed by atoms with Gasteiger partial charge in [0.1, 0.15) is 5.75 Å². The van der Waals surface area contributed by atoms with Crippen molar-refractivity contribution >= 4 is 11.6 Å². The predicted molar refractivity (Wildman–Crippen MR) is 78.2 cm³/mol. The molecule has 1 aromatic heterocycles. The Kier molecular flexibility index (Phi) is 4.62. The Morgan fingerprint density at radius 3 is 2.75 bits per heavy atom. The van der Waals surface area contributed by atoms with Crippen molar-refractivity contribution in [3.8, 4) is 17.1 Å². The highest BCUT2D eigenvalue weighted by atomic mass is 35.5. The zero-order valence-electron chi connectivity index (χ0n) is 12.0. The lowest BCUT2D eigenvalue weighted by Gasteiger charge is -2.14. The fourth-order valence-electron chi connectivity index (χ4n) is 1.84. The zero-order valence-corrected chi connectivity index (χ0v) is 12.7. The van der Waals surface area contributed by atoms with Crippen LogP contribution < -0.4 is 10.1 Å². The van der Waals surface area contributed by atoms with Crippen molar-refractivity contribution in [2.75, 3.05) is 14.2 Å². The van der Waals surface area contributed by atoms with Gasteiger partial charge in [-0.3, -0.25) is 0 Å². The van der Waals surface area contributed by atoms with E-state index >= 15 is 0 Å². The van der Waals surface area contributed by atoms with Crippen molar-refractivity contribution in [2.24, 2.45) is 0 Å². The first-order valence-electron chi connectivity index (χ1n) is 6.41. The van der Waals surface area contributed by atoms with Gasteiger partial charge in [-0.25, -0.2) is 0 Å². The van der Waals surface area contributed by atoms with Crippen LogP contribution in [0.5, 0.6) is 5.75 Å². The second-order valence-electron chi connectivity index (χ2n) is 4.67. The topological polar surface area (TPSA) is 60.2 Å². The minimum Gasteiger partial charge on any atom is -0.496 e. The molecule has 2 aromatic rings. The van der Waals surface area contributed by atoms with E-state index < -0.39 is 0 Å². The largest absolute Gasteiger partial charge is 0.496 e. The van der Waals surface area contributed by atoms with Crippen LogP contribution in [0, 0.1) is 0 Å². The minimum absolute atomic E-state index is 0.125. The van der Waals surface area contributed by atoms with Crippen molar-refractivity contribution in [1.82, 2.24) is 15.5 Å². The summed E-state index contributed by atoms with van der Waals surface area (Å²) in [5.74, 6) is 1.85. The molecule has 6 heteroatoms. The van der Waals surface area contributed by atoms with Gasteiger partial charge >= 0.3 is 0 Å². The van der Waals surface area contributed by atoms with Crippen LogP contribution in [0.2, 0.25) is 5.02 Å². The smallest absolute Gasteiger partial charge is 0.231 e. The van der Waals surface area contributed by atoms with Gasteiger partial charge in [0.25, 0.3) is 0 Å². The van der Waals surface area contributed by atoms with E-state index in [9.17, 15) is 0 Å². The van der Waals surface area contributed by atoms with Gasteiger partial charge in [-0.15, -0.1) is 0 Å². The van der Waals surface area contributed by atoms with E-state index in [0.717, 1.165) is 5.56 Å². The first kappa shape index (κ1) is 14.8. The van der Waals surface area contributed by atoms with Gasteiger partial charge < -0.3 is 14.6 Å². The summed E-state index contributed by atoms with van der Waals surface area (Å²) in [5.41, 5.74) is 0.760. The SMILES string of the molecule is CNC(C)C(C)c1nc(-c2ccc(Cl)cc2OC)no1. The molecule has 0 radical (unpaired) electrons. The Morgan fingerprint density at radius 2 is 2.10 bits per heavy atom. The summed E-state index contributed by atoms with van der Waals surface area (Å²) in [5, 5.41) is 7.80. The van der Waals surface area contributed by atoms with Gasteiger partial charge in [-0.1, -0.05) is 23.7 Å². The lowest BCUT2D eigenvalue weighted by Crippen LogP contribution is -2.27. The maximum atomic E-state index is 5.95. The number of nitrogens with one attached hydrogen (secondary N) is 1. The zero-order chi connectivity index (χ0) is 14.7. The third-order valence-corrected chi connectivity index (χ3v) is 3.68. The van der Waals surface area contributed by atoms with Crippen molar-refractivity contribution in [3.05, 3.63) is 29.1 Å². The molecule has 5 nitrogen and oxygen atoms in total. The molecule has 1 aromatic carbocycles. The molecule has 0 aliphatic rings. The molecular weight excluding hydrogens is 278 g/mol. The third-order valence-electron chi connectivity index (χ3n) is 3.44. The molecule has 20 heavy (non-hydrogen) atoms.